The lowest BCUT2D eigenvalue weighted by molar-refractivity contribution is -0.164. The number of esters is 1. The van der Waals surface area contributed by atoms with Crippen molar-refractivity contribution in [3.63, 3.8) is 0 Å². The molecule has 190 valence electrons. The van der Waals surface area contributed by atoms with E-state index in [9.17, 15) is 9.90 Å². The summed E-state index contributed by atoms with van der Waals surface area (Å²) in [6.45, 7) is 23.9. The van der Waals surface area contributed by atoms with Crippen LogP contribution in [-0.2, 0) is 20.7 Å². The van der Waals surface area contributed by atoms with Crippen LogP contribution in [0.25, 0.3) is 0 Å². The molecule has 0 aliphatic rings. The third-order valence-electron chi connectivity index (χ3n) is 5.60. The lowest BCUT2D eigenvalue weighted by atomic mass is 10.1. The van der Waals surface area contributed by atoms with Gasteiger partial charge in [-0.1, -0.05) is 40.4 Å². The summed E-state index contributed by atoms with van der Waals surface area (Å²) in [5.74, 6) is 0.615. The van der Waals surface area contributed by atoms with E-state index in [4.69, 9.17) is 18.6 Å². The molecule has 0 saturated carbocycles. The topological polar surface area (TPSA) is 74.2 Å². The maximum Gasteiger partial charge on any atom is 0.335 e. The number of carbonyl (C=O) groups excluding carboxylic acids is 1. The van der Waals surface area contributed by atoms with Crippen LogP contribution in [0.4, 0.5) is 0 Å². The van der Waals surface area contributed by atoms with Crippen LogP contribution in [0.5, 0.6) is 11.5 Å². The molecule has 1 N–H and O–H groups in total. The second-order valence-corrected chi connectivity index (χ2v) is 22.7. The van der Waals surface area contributed by atoms with Crippen LogP contribution in [0, 0.1) is 0 Å². The normalized spacial score (nSPS) is 14.1. The molecule has 1 rings (SSSR count). The first-order chi connectivity index (χ1) is 14.8. The van der Waals surface area contributed by atoms with Crippen molar-refractivity contribution in [1.82, 2.24) is 0 Å². The van der Waals surface area contributed by atoms with Gasteiger partial charge in [0.15, 0.2) is 12.9 Å². The first kappa shape index (κ1) is 29.7. The Labute approximate surface area is 203 Å². The van der Waals surface area contributed by atoms with Crippen molar-refractivity contribution in [2.24, 2.45) is 0 Å². The molecule has 0 radical (unpaired) electrons. The SMILES string of the molecule is CC(C)(C)OC(=O)C(O)Cc1cc(O[Si](C)(C)C(C)(C)C)ccc1OCOCC[Si](C)(C)C. The monoisotopic (exact) mass is 498 g/mol. The number of aliphatic hydroxyl groups is 1. The molecule has 1 aromatic rings. The largest absolute Gasteiger partial charge is 0.543 e. The van der Waals surface area contributed by atoms with Crippen molar-refractivity contribution in [3.05, 3.63) is 23.8 Å². The highest BCUT2D eigenvalue weighted by Crippen LogP contribution is 2.38. The van der Waals surface area contributed by atoms with Crippen LogP contribution in [0.1, 0.15) is 47.1 Å². The molecule has 6 nitrogen and oxygen atoms in total. The zero-order valence-corrected chi connectivity index (χ0v) is 24.6. The molecule has 1 atom stereocenters. The Morgan fingerprint density at radius 1 is 1.03 bits per heavy atom. The zero-order chi connectivity index (χ0) is 25.7. The van der Waals surface area contributed by atoms with Gasteiger partial charge >= 0.3 is 5.97 Å². The van der Waals surface area contributed by atoms with Gasteiger partial charge in [0, 0.05) is 26.7 Å². The summed E-state index contributed by atoms with van der Waals surface area (Å²) in [4.78, 5) is 12.4. The number of aliphatic hydroxyl groups excluding tert-OH is 1. The molecule has 0 saturated heterocycles. The van der Waals surface area contributed by atoms with Gasteiger partial charge in [-0.2, -0.15) is 0 Å². The van der Waals surface area contributed by atoms with E-state index in [0.717, 1.165) is 6.04 Å². The van der Waals surface area contributed by atoms with E-state index in [1.165, 1.54) is 0 Å². The fourth-order valence-electron chi connectivity index (χ4n) is 2.57. The van der Waals surface area contributed by atoms with Crippen LogP contribution in [0.2, 0.25) is 43.8 Å². The molecule has 0 bridgehead atoms. The lowest BCUT2D eigenvalue weighted by Gasteiger charge is -2.36. The smallest absolute Gasteiger partial charge is 0.335 e. The minimum atomic E-state index is -2.05. The molecule has 1 unspecified atom stereocenters. The highest BCUT2D eigenvalue weighted by atomic mass is 28.4. The third-order valence-corrected chi connectivity index (χ3v) is 11.7. The van der Waals surface area contributed by atoms with Gasteiger partial charge in [0.25, 0.3) is 0 Å². The van der Waals surface area contributed by atoms with Crippen LogP contribution in [0.3, 0.4) is 0 Å². The number of hydrogen-bond acceptors (Lipinski definition) is 6. The number of carbonyl (C=O) groups is 1. The summed E-state index contributed by atoms with van der Waals surface area (Å²) in [7, 11) is -3.22. The quantitative estimate of drug-likeness (QED) is 0.174. The lowest BCUT2D eigenvalue weighted by Crippen LogP contribution is -2.43. The average Bonchev–Trinajstić information content (AvgIpc) is 2.59. The van der Waals surface area contributed by atoms with Gasteiger partial charge in [0.1, 0.15) is 17.1 Å². The van der Waals surface area contributed by atoms with Crippen LogP contribution in [0.15, 0.2) is 18.2 Å². The van der Waals surface area contributed by atoms with Gasteiger partial charge in [0.05, 0.1) is 0 Å². The zero-order valence-electron chi connectivity index (χ0n) is 22.6. The van der Waals surface area contributed by atoms with Crippen molar-refractivity contribution < 1.29 is 28.5 Å². The number of benzene rings is 1. The Bertz CT molecular complexity index is 773. The van der Waals surface area contributed by atoms with Crippen molar-refractivity contribution in [3.8, 4) is 11.5 Å². The second kappa shape index (κ2) is 11.4. The molecule has 1 aromatic carbocycles. The predicted octanol–water partition coefficient (Wildman–Crippen LogP) is 6.01. The standard InChI is InChI=1S/C25H46O6Si2/c1-24(2,3)30-23(27)21(26)17-19-16-20(31-33(10,11)25(4,5)6)12-13-22(19)29-18-28-14-15-32(7,8)9/h12-13,16,21,26H,14-15,17-18H2,1-11H3. The maximum atomic E-state index is 12.4. The summed E-state index contributed by atoms with van der Waals surface area (Å²) in [6, 6.07) is 6.61. The van der Waals surface area contributed by atoms with E-state index in [-0.39, 0.29) is 18.3 Å². The summed E-state index contributed by atoms with van der Waals surface area (Å²) < 4.78 is 23.3. The van der Waals surface area contributed by atoms with Gasteiger partial charge in [-0.05, 0) is 63.1 Å². The van der Waals surface area contributed by atoms with Gasteiger partial charge in [-0.3, -0.25) is 0 Å². The molecule has 0 fully saturated rings. The molecule has 33 heavy (non-hydrogen) atoms. The minimum absolute atomic E-state index is 0.0442. The molecule has 0 aromatic heterocycles. The van der Waals surface area contributed by atoms with Gasteiger partial charge < -0.3 is 23.7 Å². The summed E-state index contributed by atoms with van der Waals surface area (Å²) >= 11 is 0. The van der Waals surface area contributed by atoms with E-state index in [1.807, 2.05) is 18.2 Å². The first-order valence-electron chi connectivity index (χ1n) is 11.7. The van der Waals surface area contributed by atoms with Crippen molar-refractivity contribution >= 4 is 22.4 Å². The Morgan fingerprint density at radius 2 is 1.64 bits per heavy atom. The van der Waals surface area contributed by atoms with Crippen molar-refractivity contribution in [2.45, 2.75) is 103 Å². The number of rotatable bonds is 11. The van der Waals surface area contributed by atoms with E-state index < -0.39 is 34.1 Å². The molecule has 0 heterocycles. The highest BCUT2D eigenvalue weighted by Gasteiger charge is 2.39. The van der Waals surface area contributed by atoms with E-state index in [0.29, 0.717) is 23.7 Å². The Hall–Kier alpha value is -1.36. The van der Waals surface area contributed by atoms with E-state index >= 15 is 0 Å². The summed E-state index contributed by atoms with van der Waals surface area (Å²) in [6.07, 6.45) is -1.24. The summed E-state index contributed by atoms with van der Waals surface area (Å²) in [5.41, 5.74) is 0.00731. The predicted molar refractivity (Wildman–Crippen MR) is 139 cm³/mol. The molecule has 0 spiro atoms. The fraction of sp³-hybridized carbons (Fsp3) is 0.720. The third kappa shape index (κ3) is 11.1. The summed E-state index contributed by atoms with van der Waals surface area (Å²) in [5, 5.41) is 10.6. The van der Waals surface area contributed by atoms with Crippen molar-refractivity contribution in [2.75, 3.05) is 13.4 Å². The molecule has 0 aliphatic carbocycles. The second-order valence-electron chi connectivity index (χ2n) is 12.4. The van der Waals surface area contributed by atoms with Crippen LogP contribution >= 0.6 is 0 Å². The Balaban J connectivity index is 3.03. The van der Waals surface area contributed by atoms with Crippen LogP contribution < -0.4 is 9.16 Å². The first-order valence-corrected chi connectivity index (χ1v) is 18.4. The van der Waals surface area contributed by atoms with Gasteiger partial charge in [-0.25, -0.2) is 4.79 Å². The molecule has 0 amide bonds. The maximum absolute atomic E-state index is 12.4. The Morgan fingerprint density at radius 3 is 2.15 bits per heavy atom. The van der Waals surface area contributed by atoms with E-state index in [1.54, 1.807) is 20.8 Å². The van der Waals surface area contributed by atoms with E-state index in [2.05, 4.69) is 53.5 Å². The molecule has 8 heteroatoms. The van der Waals surface area contributed by atoms with Crippen molar-refractivity contribution in [1.29, 1.82) is 0 Å². The molecular formula is C25H46O6Si2. The number of hydrogen-bond donors (Lipinski definition) is 1. The Kier molecular flexibility index (Phi) is 10.2. The molecule has 0 aliphatic heterocycles. The van der Waals surface area contributed by atoms with Gasteiger partial charge in [-0.15, -0.1) is 0 Å². The highest BCUT2D eigenvalue weighted by molar-refractivity contribution is 6.76. The minimum Gasteiger partial charge on any atom is -0.543 e. The molecular weight excluding hydrogens is 452 g/mol. The number of ether oxygens (including phenoxy) is 3. The van der Waals surface area contributed by atoms with Gasteiger partial charge in [0.2, 0.25) is 8.32 Å². The van der Waals surface area contributed by atoms with Crippen LogP contribution in [-0.4, -0.2) is 52.6 Å². The average molecular weight is 499 g/mol. The fourth-order valence-corrected chi connectivity index (χ4v) is 4.35.